The molecule has 6 heteroatoms. The van der Waals surface area contributed by atoms with E-state index in [9.17, 15) is 9.90 Å². The maximum Gasteiger partial charge on any atom is 0.357 e. The molecule has 2 heterocycles. The molecule has 1 aliphatic heterocycles. The van der Waals surface area contributed by atoms with Crippen LogP contribution in [0.5, 0.6) is 0 Å². The number of carbonyl (C=O) groups is 1. The standard InChI is InChI=1S/C15H19N3O3/c1-10-7-17(8-11(2)21-10)9-18-13-6-4-3-5-12(13)14(16-18)15(19)20/h3-6,10-11H,7-9H2,1-2H3,(H,19,20). The zero-order chi connectivity index (χ0) is 15.0. The molecule has 1 fully saturated rings. The highest BCUT2D eigenvalue weighted by atomic mass is 16.5. The normalized spacial score (nSPS) is 23.5. The number of hydrogen-bond donors (Lipinski definition) is 1. The largest absolute Gasteiger partial charge is 0.476 e. The van der Waals surface area contributed by atoms with Crippen molar-refractivity contribution >= 4 is 16.9 Å². The third-order valence-corrected chi connectivity index (χ3v) is 3.69. The molecule has 1 aliphatic rings. The molecule has 1 aromatic heterocycles. The first-order valence-electron chi connectivity index (χ1n) is 7.11. The van der Waals surface area contributed by atoms with E-state index < -0.39 is 5.97 Å². The van der Waals surface area contributed by atoms with Gasteiger partial charge in [-0.15, -0.1) is 0 Å². The minimum absolute atomic E-state index is 0.111. The molecule has 6 nitrogen and oxygen atoms in total. The SMILES string of the molecule is CC1CN(Cn2nc(C(=O)O)c3ccccc32)CC(C)O1. The Labute approximate surface area is 122 Å². The highest BCUT2D eigenvalue weighted by molar-refractivity contribution is 6.01. The monoisotopic (exact) mass is 289 g/mol. The Morgan fingerprint density at radius 1 is 1.33 bits per heavy atom. The van der Waals surface area contributed by atoms with Crippen molar-refractivity contribution in [3.8, 4) is 0 Å². The molecule has 2 aromatic rings. The van der Waals surface area contributed by atoms with Crippen LogP contribution in [-0.4, -0.2) is 51.1 Å². The van der Waals surface area contributed by atoms with Crippen LogP contribution >= 0.6 is 0 Å². The Bertz CT molecular complexity index is 657. The molecule has 0 radical (unpaired) electrons. The lowest BCUT2D eigenvalue weighted by Crippen LogP contribution is -2.46. The van der Waals surface area contributed by atoms with Gasteiger partial charge in [-0.25, -0.2) is 9.48 Å². The number of morpholine rings is 1. The third kappa shape index (κ3) is 2.77. The second kappa shape index (κ2) is 5.46. The molecule has 0 saturated carbocycles. The lowest BCUT2D eigenvalue weighted by Gasteiger charge is -2.35. The molecule has 0 spiro atoms. The van der Waals surface area contributed by atoms with E-state index in [1.54, 1.807) is 10.7 Å². The zero-order valence-corrected chi connectivity index (χ0v) is 12.2. The van der Waals surface area contributed by atoms with Crippen molar-refractivity contribution in [3.05, 3.63) is 30.0 Å². The summed E-state index contributed by atoms with van der Waals surface area (Å²) in [6.45, 7) is 6.31. The number of carboxylic acid groups (broad SMARTS) is 1. The van der Waals surface area contributed by atoms with Gasteiger partial charge in [-0.1, -0.05) is 18.2 Å². The van der Waals surface area contributed by atoms with E-state index in [1.165, 1.54) is 0 Å². The molecule has 3 rings (SSSR count). The van der Waals surface area contributed by atoms with Crippen molar-refractivity contribution in [1.29, 1.82) is 0 Å². The number of rotatable bonds is 3. The van der Waals surface area contributed by atoms with E-state index in [-0.39, 0.29) is 17.9 Å². The van der Waals surface area contributed by atoms with Gasteiger partial charge in [-0.2, -0.15) is 5.10 Å². The molecule has 1 saturated heterocycles. The number of ether oxygens (including phenoxy) is 1. The fraction of sp³-hybridized carbons (Fsp3) is 0.467. The van der Waals surface area contributed by atoms with Crippen LogP contribution in [0.1, 0.15) is 24.3 Å². The Morgan fingerprint density at radius 2 is 2.00 bits per heavy atom. The van der Waals surface area contributed by atoms with Crippen LogP contribution < -0.4 is 0 Å². The number of nitrogens with zero attached hydrogens (tertiary/aromatic N) is 3. The zero-order valence-electron chi connectivity index (χ0n) is 12.2. The van der Waals surface area contributed by atoms with Gasteiger partial charge in [0.05, 0.1) is 24.4 Å². The fourth-order valence-corrected chi connectivity index (χ4v) is 2.98. The first-order valence-corrected chi connectivity index (χ1v) is 7.11. The average molecular weight is 289 g/mol. The van der Waals surface area contributed by atoms with Crippen LogP contribution in [0.4, 0.5) is 0 Å². The Morgan fingerprint density at radius 3 is 2.67 bits per heavy atom. The quantitative estimate of drug-likeness (QED) is 0.933. The Hall–Kier alpha value is -1.92. The predicted molar refractivity (Wildman–Crippen MR) is 78.3 cm³/mol. The Balaban J connectivity index is 1.92. The van der Waals surface area contributed by atoms with Gasteiger partial charge in [-0.05, 0) is 19.9 Å². The van der Waals surface area contributed by atoms with Crippen LogP contribution in [0.2, 0.25) is 0 Å². The number of para-hydroxylation sites is 1. The molecular weight excluding hydrogens is 270 g/mol. The van der Waals surface area contributed by atoms with E-state index in [2.05, 4.69) is 10.00 Å². The molecule has 1 aromatic carbocycles. The fourth-order valence-electron chi connectivity index (χ4n) is 2.98. The third-order valence-electron chi connectivity index (χ3n) is 3.69. The molecule has 0 bridgehead atoms. The lowest BCUT2D eigenvalue weighted by molar-refractivity contribution is -0.0771. The summed E-state index contributed by atoms with van der Waals surface area (Å²) in [6.07, 6.45) is 0.351. The van der Waals surface area contributed by atoms with Crippen molar-refractivity contribution in [2.45, 2.75) is 32.7 Å². The van der Waals surface area contributed by atoms with E-state index in [0.29, 0.717) is 12.1 Å². The molecule has 112 valence electrons. The van der Waals surface area contributed by atoms with Gasteiger partial charge in [0.25, 0.3) is 0 Å². The van der Waals surface area contributed by atoms with Crippen molar-refractivity contribution < 1.29 is 14.6 Å². The van der Waals surface area contributed by atoms with Gasteiger partial charge in [0, 0.05) is 18.5 Å². The van der Waals surface area contributed by atoms with Gasteiger partial charge in [-0.3, -0.25) is 4.90 Å². The molecule has 21 heavy (non-hydrogen) atoms. The number of carboxylic acids is 1. The number of benzene rings is 1. The average Bonchev–Trinajstić information content (AvgIpc) is 2.77. The first kappa shape index (κ1) is 14.0. The van der Waals surface area contributed by atoms with Crippen molar-refractivity contribution in [3.63, 3.8) is 0 Å². The summed E-state index contributed by atoms with van der Waals surface area (Å²) in [5, 5.41) is 14.2. The van der Waals surface area contributed by atoms with E-state index in [4.69, 9.17) is 4.74 Å². The summed E-state index contributed by atoms with van der Waals surface area (Å²) in [7, 11) is 0. The van der Waals surface area contributed by atoms with E-state index in [1.807, 2.05) is 32.0 Å². The van der Waals surface area contributed by atoms with Gasteiger partial charge in [0.1, 0.15) is 0 Å². The summed E-state index contributed by atoms with van der Waals surface area (Å²) in [6, 6.07) is 7.44. The minimum Gasteiger partial charge on any atom is -0.476 e. The summed E-state index contributed by atoms with van der Waals surface area (Å²) in [5.74, 6) is -0.992. The van der Waals surface area contributed by atoms with Gasteiger partial charge >= 0.3 is 5.97 Å². The summed E-state index contributed by atoms with van der Waals surface area (Å²) < 4.78 is 7.49. The first-order chi connectivity index (χ1) is 10.0. The van der Waals surface area contributed by atoms with E-state index in [0.717, 1.165) is 18.6 Å². The highest BCUT2D eigenvalue weighted by Gasteiger charge is 2.24. The highest BCUT2D eigenvalue weighted by Crippen LogP contribution is 2.20. The molecule has 2 atom stereocenters. The second-order valence-corrected chi connectivity index (χ2v) is 5.61. The van der Waals surface area contributed by atoms with Crippen LogP contribution in [-0.2, 0) is 11.4 Å². The van der Waals surface area contributed by atoms with Gasteiger partial charge < -0.3 is 9.84 Å². The maximum absolute atomic E-state index is 11.3. The van der Waals surface area contributed by atoms with Crippen LogP contribution in [0, 0.1) is 0 Å². The van der Waals surface area contributed by atoms with Crippen molar-refractivity contribution in [2.24, 2.45) is 0 Å². The predicted octanol–water partition coefficient (Wildman–Crippen LogP) is 1.80. The van der Waals surface area contributed by atoms with Gasteiger partial charge in [0.2, 0.25) is 0 Å². The maximum atomic E-state index is 11.3. The number of hydrogen-bond acceptors (Lipinski definition) is 4. The van der Waals surface area contributed by atoms with Crippen LogP contribution in [0.15, 0.2) is 24.3 Å². The summed E-state index contributed by atoms with van der Waals surface area (Å²) in [5.41, 5.74) is 0.960. The van der Waals surface area contributed by atoms with Crippen LogP contribution in [0.25, 0.3) is 10.9 Å². The summed E-state index contributed by atoms with van der Waals surface area (Å²) in [4.78, 5) is 13.6. The molecular formula is C15H19N3O3. The molecule has 1 N–H and O–H groups in total. The molecule has 0 amide bonds. The second-order valence-electron chi connectivity index (χ2n) is 5.61. The Kier molecular flexibility index (Phi) is 3.65. The summed E-state index contributed by atoms with van der Waals surface area (Å²) >= 11 is 0. The number of aromatic nitrogens is 2. The van der Waals surface area contributed by atoms with Crippen LogP contribution in [0.3, 0.4) is 0 Å². The molecule has 0 aliphatic carbocycles. The smallest absolute Gasteiger partial charge is 0.357 e. The number of aromatic carboxylic acids is 1. The minimum atomic E-state index is -0.992. The topological polar surface area (TPSA) is 67.6 Å². The van der Waals surface area contributed by atoms with E-state index >= 15 is 0 Å². The number of fused-ring (bicyclic) bond motifs is 1. The van der Waals surface area contributed by atoms with Gasteiger partial charge in [0.15, 0.2) is 5.69 Å². The van der Waals surface area contributed by atoms with Crippen molar-refractivity contribution in [2.75, 3.05) is 13.1 Å². The van der Waals surface area contributed by atoms with Crippen molar-refractivity contribution in [1.82, 2.24) is 14.7 Å². The molecule has 2 unspecified atom stereocenters. The lowest BCUT2D eigenvalue weighted by atomic mass is 10.2.